The average Bonchev–Trinajstić information content (AvgIpc) is 2.93. The molecule has 0 saturated heterocycles. The Labute approximate surface area is 159 Å². The van der Waals surface area contributed by atoms with Crippen molar-refractivity contribution >= 4 is 57.4 Å². The van der Waals surface area contributed by atoms with Gasteiger partial charge in [0.25, 0.3) is 0 Å². The van der Waals surface area contributed by atoms with Gasteiger partial charge in [0.1, 0.15) is 16.4 Å². The van der Waals surface area contributed by atoms with Gasteiger partial charge in [-0.05, 0) is 54.5 Å². The van der Waals surface area contributed by atoms with Crippen molar-refractivity contribution in [1.82, 2.24) is 9.97 Å². The lowest BCUT2D eigenvalue weighted by molar-refractivity contribution is 0.206. The Bertz CT molecular complexity index is 950. The van der Waals surface area contributed by atoms with Gasteiger partial charge in [-0.25, -0.2) is 9.78 Å². The molecule has 0 bridgehead atoms. The number of anilines is 1. The lowest BCUT2D eigenvalue weighted by Crippen LogP contribution is -2.37. The molecule has 0 spiro atoms. The summed E-state index contributed by atoms with van der Waals surface area (Å²) in [6.45, 7) is 4.55. The van der Waals surface area contributed by atoms with Crippen LogP contribution in [0.1, 0.15) is 13.8 Å². The van der Waals surface area contributed by atoms with Gasteiger partial charge in [0.05, 0.1) is 5.52 Å². The summed E-state index contributed by atoms with van der Waals surface area (Å²) in [5, 5.41) is 0.583. The van der Waals surface area contributed by atoms with Gasteiger partial charge >= 0.3 is 6.09 Å². The molecule has 1 N–H and O–H groups in total. The van der Waals surface area contributed by atoms with Gasteiger partial charge in [-0.3, -0.25) is 4.90 Å². The fourth-order valence-corrected chi connectivity index (χ4v) is 3.44. The van der Waals surface area contributed by atoms with Crippen LogP contribution in [0.2, 0.25) is 5.02 Å². The number of benzene rings is 1. The maximum Gasteiger partial charge on any atom is 0.420 e. The van der Waals surface area contributed by atoms with Crippen LogP contribution < -0.4 is 9.64 Å². The number of aromatic amines is 1. The first-order valence-corrected chi connectivity index (χ1v) is 9.27. The van der Waals surface area contributed by atoms with E-state index in [-0.39, 0.29) is 5.92 Å². The number of carbonyl (C=O) groups is 1. The Morgan fingerprint density at radius 2 is 2.04 bits per heavy atom. The van der Waals surface area contributed by atoms with Crippen molar-refractivity contribution in [2.75, 3.05) is 11.4 Å². The molecule has 0 fully saturated rings. The van der Waals surface area contributed by atoms with Gasteiger partial charge in [-0.1, -0.05) is 36.8 Å². The monoisotopic (exact) mass is 393 g/mol. The predicted octanol–water partition coefficient (Wildman–Crippen LogP) is 5.67. The number of rotatable bonds is 4. The van der Waals surface area contributed by atoms with Crippen molar-refractivity contribution in [1.29, 1.82) is 0 Å². The van der Waals surface area contributed by atoms with Crippen LogP contribution in [0.15, 0.2) is 36.4 Å². The van der Waals surface area contributed by atoms with E-state index < -0.39 is 6.09 Å². The number of carbonyl (C=O) groups excluding carboxylic acids is 1. The first-order valence-electron chi connectivity index (χ1n) is 7.67. The number of hydrogen-bond donors (Lipinski definition) is 1. The quantitative estimate of drug-likeness (QED) is 0.580. The Kier molecular flexibility index (Phi) is 5.36. The topological polar surface area (TPSA) is 58.2 Å². The molecule has 1 amide bonds. The maximum absolute atomic E-state index is 12.7. The van der Waals surface area contributed by atoms with Crippen LogP contribution in [0.25, 0.3) is 10.3 Å². The SMILES string of the molecule is CC(C)CN(C(=O)Oc1ccc(Cl)cc1)c1ccc2[nH]c(=S)sc2n1. The van der Waals surface area contributed by atoms with Gasteiger partial charge < -0.3 is 9.72 Å². The predicted molar refractivity (Wildman–Crippen MR) is 104 cm³/mol. The summed E-state index contributed by atoms with van der Waals surface area (Å²) in [6.07, 6.45) is -0.484. The molecule has 2 heterocycles. The van der Waals surface area contributed by atoms with Crippen LogP contribution in [-0.4, -0.2) is 22.6 Å². The minimum atomic E-state index is -0.484. The molecule has 25 heavy (non-hydrogen) atoms. The summed E-state index contributed by atoms with van der Waals surface area (Å²) in [6, 6.07) is 10.3. The zero-order valence-corrected chi connectivity index (χ0v) is 16.0. The van der Waals surface area contributed by atoms with Gasteiger partial charge in [0, 0.05) is 11.6 Å². The largest absolute Gasteiger partial charge is 0.420 e. The lowest BCUT2D eigenvalue weighted by atomic mass is 10.2. The number of H-pyrrole nitrogens is 1. The first-order chi connectivity index (χ1) is 11.9. The molecular weight excluding hydrogens is 378 g/mol. The minimum absolute atomic E-state index is 0.250. The van der Waals surface area contributed by atoms with E-state index in [9.17, 15) is 4.79 Å². The molecule has 0 aliphatic carbocycles. The number of halogens is 1. The van der Waals surface area contributed by atoms with Crippen LogP contribution in [0.4, 0.5) is 10.6 Å². The third kappa shape index (κ3) is 4.36. The number of amides is 1. The van der Waals surface area contributed by atoms with E-state index in [2.05, 4.69) is 9.97 Å². The first kappa shape index (κ1) is 17.8. The van der Waals surface area contributed by atoms with Crippen LogP contribution in [-0.2, 0) is 0 Å². The number of ether oxygens (including phenoxy) is 1. The Balaban J connectivity index is 1.90. The van der Waals surface area contributed by atoms with Crippen molar-refractivity contribution in [2.24, 2.45) is 5.92 Å². The van der Waals surface area contributed by atoms with Crippen molar-refractivity contribution in [3.8, 4) is 5.75 Å². The molecule has 3 aromatic rings. The summed E-state index contributed by atoms with van der Waals surface area (Å²) >= 11 is 12.4. The highest BCUT2D eigenvalue weighted by Crippen LogP contribution is 2.24. The lowest BCUT2D eigenvalue weighted by Gasteiger charge is -2.22. The number of fused-ring (bicyclic) bond motifs is 1. The fraction of sp³-hybridized carbons (Fsp3) is 0.235. The molecule has 5 nitrogen and oxygen atoms in total. The molecule has 0 unspecified atom stereocenters. The molecule has 0 atom stereocenters. The summed E-state index contributed by atoms with van der Waals surface area (Å²) in [5.41, 5.74) is 0.856. The molecule has 0 aliphatic rings. The highest BCUT2D eigenvalue weighted by Gasteiger charge is 2.21. The number of pyridine rings is 1. The Morgan fingerprint density at radius 1 is 1.32 bits per heavy atom. The third-order valence-corrected chi connectivity index (χ3v) is 4.73. The molecule has 2 aromatic heterocycles. The third-order valence-electron chi connectivity index (χ3n) is 3.34. The smallest absolute Gasteiger partial charge is 0.410 e. The van der Waals surface area contributed by atoms with Crippen molar-refractivity contribution in [3.63, 3.8) is 0 Å². The molecule has 0 radical (unpaired) electrons. The van der Waals surface area contributed by atoms with Crippen LogP contribution in [0, 0.1) is 9.87 Å². The second kappa shape index (κ2) is 7.51. The zero-order valence-electron chi connectivity index (χ0n) is 13.7. The second-order valence-corrected chi connectivity index (χ2v) is 7.97. The summed E-state index contributed by atoms with van der Waals surface area (Å²) in [7, 11) is 0. The number of hydrogen-bond acceptors (Lipinski definition) is 5. The van der Waals surface area contributed by atoms with E-state index in [1.807, 2.05) is 19.9 Å². The summed E-state index contributed by atoms with van der Waals surface area (Å²) < 4.78 is 6.12. The van der Waals surface area contributed by atoms with Gasteiger partial charge in [0.2, 0.25) is 0 Å². The highest BCUT2D eigenvalue weighted by molar-refractivity contribution is 7.73. The van der Waals surface area contributed by atoms with E-state index in [0.717, 1.165) is 10.3 Å². The Hall–Kier alpha value is -1.96. The molecule has 3 rings (SSSR count). The maximum atomic E-state index is 12.7. The van der Waals surface area contributed by atoms with Gasteiger partial charge in [0.15, 0.2) is 3.95 Å². The second-order valence-electron chi connectivity index (χ2n) is 5.86. The zero-order chi connectivity index (χ0) is 18.0. The Morgan fingerprint density at radius 3 is 2.72 bits per heavy atom. The number of aromatic nitrogens is 2. The normalized spacial score (nSPS) is 11.0. The summed E-state index contributed by atoms with van der Waals surface area (Å²) in [4.78, 5) is 22.6. The van der Waals surface area contributed by atoms with Gasteiger partial charge in [-0.15, -0.1) is 0 Å². The molecule has 0 saturated carbocycles. The molecule has 130 valence electrons. The summed E-state index contributed by atoms with van der Waals surface area (Å²) in [5.74, 6) is 1.21. The van der Waals surface area contributed by atoms with Crippen molar-refractivity contribution < 1.29 is 9.53 Å². The molecule has 0 aliphatic heterocycles. The average molecular weight is 394 g/mol. The molecule has 1 aromatic carbocycles. The van der Waals surface area contributed by atoms with Crippen molar-refractivity contribution in [2.45, 2.75) is 13.8 Å². The van der Waals surface area contributed by atoms with Crippen molar-refractivity contribution in [3.05, 3.63) is 45.4 Å². The van der Waals surface area contributed by atoms with E-state index in [1.165, 1.54) is 16.2 Å². The standard InChI is InChI=1S/C17H16ClN3O2S2/c1-10(2)9-21(17(22)23-12-5-3-11(18)4-6-12)14-8-7-13-15(20-14)25-16(24)19-13/h3-8,10H,9H2,1-2H3,(H,19,24). The van der Waals surface area contributed by atoms with E-state index in [4.69, 9.17) is 28.6 Å². The van der Waals surface area contributed by atoms with Crippen LogP contribution in [0.3, 0.4) is 0 Å². The van der Waals surface area contributed by atoms with Gasteiger partial charge in [-0.2, -0.15) is 0 Å². The van der Waals surface area contributed by atoms with Crippen LogP contribution >= 0.6 is 35.2 Å². The van der Waals surface area contributed by atoms with E-state index in [1.54, 1.807) is 30.3 Å². The molecular formula is C17H16ClN3O2S2. The molecule has 8 heteroatoms. The van der Waals surface area contributed by atoms with E-state index >= 15 is 0 Å². The van der Waals surface area contributed by atoms with E-state index in [0.29, 0.717) is 27.1 Å². The number of nitrogens with zero attached hydrogens (tertiary/aromatic N) is 2. The van der Waals surface area contributed by atoms with Crippen LogP contribution in [0.5, 0.6) is 5.75 Å². The number of thiazole rings is 1. The number of nitrogens with one attached hydrogen (secondary N) is 1. The fourth-order valence-electron chi connectivity index (χ4n) is 2.26. The minimum Gasteiger partial charge on any atom is -0.410 e. The highest BCUT2D eigenvalue weighted by atomic mass is 35.5.